The van der Waals surface area contributed by atoms with E-state index in [9.17, 15) is 4.39 Å². The highest BCUT2D eigenvalue weighted by molar-refractivity contribution is 6.89. The van der Waals surface area contributed by atoms with Gasteiger partial charge >= 0.3 is 0 Å². The molecule has 0 aliphatic heterocycles. The van der Waals surface area contributed by atoms with Crippen molar-refractivity contribution in [2.45, 2.75) is 26.6 Å². The van der Waals surface area contributed by atoms with E-state index in [0.717, 1.165) is 16.3 Å². The fraction of sp³-hybridized carbons (Fsp3) is 0.192. The largest absolute Gasteiger partial charge is 0.307 e. The molecule has 0 aliphatic carbocycles. The van der Waals surface area contributed by atoms with Gasteiger partial charge < -0.3 is 4.40 Å². The minimum absolute atomic E-state index is 0.188. The lowest BCUT2D eigenvalue weighted by atomic mass is 10.00. The van der Waals surface area contributed by atoms with E-state index in [1.54, 1.807) is 12.1 Å². The Morgan fingerprint density at radius 2 is 1.67 bits per heavy atom. The molecule has 2 nitrogen and oxygen atoms in total. The number of pyridine rings is 2. The number of fused-ring (bicyclic) bond motifs is 5. The molecular weight excluding hydrogens is 387 g/mol. The van der Waals surface area contributed by atoms with Gasteiger partial charge in [-0.15, -0.1) is 0 Å². The second-order valence-electron chi connectivity index (χ2n) is 9.64. The number of rotatable bonds is 1. The highest BCUT2D eigenvalue weighted by Crippen LogP contribution is 2.40. The van der Waals surface area contributed by atoms with Crippen LogP contribution >= 0.6 is 0 Å². The summed E-state index contributed by atoms with van der Waals surface area (Å²) in [6, 6.07) is 16.5. The molecule has 0 bridgehead atoms. The molecule has 0 aliphatic rings. The minimum Gasteiger partial charge on any atom is -0.307 e. The summed E-state index contributed by atoms with van der Waals surface area (Å²) < 4.78 is 18.9. The molecule has 0 unspecified atom stereocenters. The van der Waals surface area contributed by atoms with Crippen LogP contribution in [0.25, 0.3) is 49.0 Å². The Kier molecular flexibility index (Phi) is 3.32. The van der Waals surface area contributed by atoms with Crippen LogP contribution in [0.5, 0.6) is 0 Å². The molecule has 6 rings (SSSR count). The van der Waals surface area contributed by atoms with Crippen LogP contribution in [-0.2, 0) is 7.05 Å². The third kappa shape index (κ3) is 2.15. The van der Waals surface area contributed by atoms with Crippen molar-refractivity contribution in [3.05, 3.63) is 66.1 Å². The Morgan fingerprint density at radius 1 is 0.867 bits per heavy atom. The molecule has 3 heterocycles. The predicted octanol–water partition coefficient (Wildman–Crippen LogP) is 5.81. The van der Waals surface area contributed by atoms with E-state index in [1.807, 2.05) is 6.07 Å². The van der Waals surface area contributed by atoms with Crippen LogP contribution in [0.15, 0.2) is 54.7 Å². The SMILES string of the molecule is Cc1ccc2c3cc(F)ccc3n3c4cc([Si](C)(C)C)cc5cc[n+](C)c(c1c23)c54. The molecular formula is C26H24FN2Si+. The number of hydrogen-bond donors (Lipinski definition) is 0. The second-order valence-corrected chi connectivity index (χ2v) is 14.7. The first-order valence-corrected chi connectivity index (χ1v) is 14.0. The molecule has 4 heteroatoms. The smallest absolute Gasteiger partial charge is 0.224 e. The zero-order chi connectivity index (χ0) is 20.9. The minimum atomic E-state index is -1.53. The summed E-state index contributed by atoms with van der Waals surface area (Å²) >= 11 is 0. The first kappa shape index (κ1) is 17.8. The molecule has 0 radical (unpaired) electrons. The Balaban J connectivity index is 2.06. The maximum Gasteiger partial charge on any atom is 0.224 e. The van der Waals surface area contributed by atoms with Gasteiger partial charge in [0.05, 0.1) is 35.4 Å². The van der Waals surface area contributed by atoms with Gasteiger partial charge in [-0.25, -0.2) is 8.96 Å². The highest BCUT2D eigenvalue weighted by Gasteiger charge is 2.26. The fourth-order valence-corrected chi connectivity index (χ4v) is 6.28. The third-order valence-corrected chi connectivity index (χ3v) is 8.68. The van der Waals surface area contributed by atoms with Gasteiger partial charge in [-0.05, 0) is 42.1 Å². The average molecular weight is 412 g/mol. The molecule has 0 saturated carbocycles. The van der Waals surface area contributed by atoms with Crippen molar-refractivity contribution in [2.75, 3.05) is 0 Å². The molecule has 6 aromatic rings. The maximum absolute atomic E-state index is 14.2. The molecule has 30 heavy (non-hydrogen) atoms. The van der Waals surface area contributed by atoms with Gasteiger partial charge in [0.25, 0.3) is 0 Å². The normalized spacial score (nSPS) is 13.0. The van der Waals surface area contributed by atoms with Crippen molar-refractivity contribution in [3.8, 4) is 0 Å². The molecule has 0 atom stereocenters. The zero-order valence-electron chi connectivity index (χ0n) is 18.0. The molecule has 3 aromatic heterocycles. The second kappa shape index (κ2) is 5.58. The molecule has 0 N–H and O–H groups in total. The van der Waals surface area contributed by atoms with Crippen LogP contribution in [0, 0.1) is 12.7 Å². The monoisotopic (exact) mass is 411 g/mol. The molecule has 0 fully saturated rings. The number of aryl methyl sites for hydroxylation is 2. The van der Waals surface area contributed by atoms with Gasteiger partial charge in [-0.3, -0.25) is 0 Å². The lowest BCUT2D eigenvalue weighted by molar-refractivity contribution is -0.643. The summed E-state index contributed by atoms with van der Waals surface area (Å²) in [5, 5.41) is 7.36. The van der Waals surface area contributed by atoms with Gasteiger partial charge in [0.2, 0.25) is 5.52 Å². The van der Waals surface area contributed by atoms with Crippen molar-refractivity contribution in [3.63, 3.8) is 0 Å². The summed E-state index contributed by atoms with van der Waals surface area (Å²) in [5.41, 5.74) is 5.99. The van der Waals surface area contributed by atoms with Crippen molar-refractivity contribution >= 4 is 62.3 Å². The fourth-order valence-electron chi connectivity index (χ4n) is 5.12. The van der Waals surface area contributed by atoms with Gasteiger partial charge in [0, 0.05) is 16.8 Å². The van der Waals surface area contributed by atoms with E-state index in [4.69, 9.17) is 0 Å². The molecule has 3 aromatic carbocycles. The average Bonchev–Trinajstić information content (AvgIpc) is 3.01. The van der Waals surface area contributed by atoms with Gasteiger partial charge in [0.1, 0.15) is 12.9 Å². The lowest BCUT2D eigenvalue weighted by Gasteiger charge is -2.20. The Morgan fingerprint density at radius 3 is 2.43 bits per heavy atom. The number of halogens is 1. The van der Waals surface area contributed by atoms with Crippen LogP contribution in [0.4, 0.5) is 4.39 Å². The van der Waals surface area contributed by atoms with Gasteiger partial charge in [0.15, 0.2) is 6.20 Å². The standard InChI is InChI=1S/C26H24FN2Si/c1-15-6-8-19-20-13-17(27)7-9-21(20)29-22-14-18(30(3,4)5)12-16-10-11-28(2)26(24(16)22)23(15)25(19)29/h6-14H,1-5H3/q+1. The Hall–Kier alpha value is -2.98. The lowest BCUT2D eigenvalue weighted by Crippen LogP contribution is -2.38. The van der Waals surface area contributed by atoms with Crippen LogP contribution in [-0.4, -0.2) is 12.5 Å². The summed E-state index contributed by atoms with van der Waals surface area (Å²) in [6.45, 7) is 9.36. The quantitative estimate of drug-likeness (QED) is 0.140. The Bertz CT molecular complexity index is 1650. The number of hydrogen-bond acceptors (Lipinski definition) is 0. The number of nitrogens with zero attached hydrogens (tertiary/aromatic N) is 2. The van der Waals surface area contributed by atoms with Crippen molar-refractivity contribution in [1.82, 2.24) is 4.40 Å². The van der Waals surface area contributed by atoms with E-state index in [2.05, 4.69) is 79.1 Å². The topological polar surface area (TPSA) is 8.29 Å². The van der Waals surface area contributed by atoms with Gasteiger partial charge in [-0.1, -0.05) is 43.0 Å². The van der Waals surface area contributed by atoms with Crippen LogP contribution in [0.3, 0.4) is 0 Å². The maximum atomic E-state index is 14.2. The zero-order valence-corrected chi connectivity index (χ0v) is 19.0. The molecule has 0 saturated heterocycles. The summed E-state index contributed by atoms with van der Waals surface area (Å²) in [6.07, 6.45) is 2.17. The van der Waals surface area contributed by atoms with E-state index in [-0.39, 0.29) is 5.82 Å². The van der Waals surface area contributed by atoms with Crippen molar-refractivity contribution in [2.24, 2.45) is 7.05 Å². The van der Waals surface area contributed by atoms with E-state index < -0.39 is 8.07 Å². The van der Waals surface area contributed by atoms with Gasteiger partial charge in [-0.2, -0.15) is 0 Å². The number of benzene rings is 3. The van der Waals surface area contributed by atoms with E-state index in [0.29, 0.717) is 0 Å². The first-order valence-electron chi connectivity index (χ1n) is 10.5. The molecule has 0 amide bonds. The molecule has 148 valence electrons. The molecule has 0 spiro atoms. The van der Waals surface area contributed by atoms with Crippen LogP contribution in [0.2, 0.25) is 19.6 Å². The summed E-state index contributed by atoms with van der Waals surface area (Å²) in [5.74, 6) is -0.188. The van der Waals surface area contributed by atoms with Crippen LogP contribution in [0.1, 0.15) is 5.56 Å². The Labute approximate surface area is 175 Å². The first-order chi connectivity index (χ1) is 14.3. The summed E-state index contributed by atoms with van der Waals surface area (Å²) in [4.78, 5) is 0. The third-order valence-electron chi connectivity index (χ3n) is 6.66. The van der Waals surface area contributed by atoms with Crippen molar-refractivity contribution in [1.29, 1.82) is 0 Å². The highest BCUT2D eigenvalue weighted by atomic mass is 28.3. The van der Waals surface area contributed by atoms with Crippen molar-refractivity contribution < 1.29 is 8.96 Å². The number of aromatic nitrogens is 2. The van der Waals surface area contributed by atoms with Crippen LogP contribution < -0.4 is 9.75 Å². The summed E-state index contributed by atoms with van der Waals surface area (Å²) in [7, 11) is 0.599. The van der Waals surface area contributed by atoms with E-state index >= 15 is 0 Å². The van der Waals surface area contributed by atoms with E-state index in [1.165, 1.54) is 43.5 Å². The predicted molar refractivity (Wildman–Crippen MR) is 127 cm³/mol.